The van der Waals surface area contributed by atoms with Crippen molar-refractivity contribution in [2.45, 2.75) is 20.8 Å². The van der Waals surface area contributed by atoms with Crippen LogP contribution in [0, 0.1) is 20.8 Å². The van der Waals surface area contributed by atoms with E-state index in [4.69, 9.17) is 9.26 Å². The van der Waals surface area contributed by atoms with E-state index in [9.17, 15) is 9.90 Å². The van der Waals surface area contributed by atoms with Crippen molar-refractivity contribution in [2.24, 2.45) is 0 Å². The molecule has 0 aliphatic heterocycles. The minimum atomic E-state index is -1.04. The van der Waals surface area contributed by atoms with Gasteiger partial charge in [0.25, 0.3) is 0 Å². The Hall–Kier alpha value is -2.30. The quantitative estimate of drug-likeness (QED) is 0.919. The second-order valence-electron chi connectivity index (χ2n) is 4.40. The molecule has 0 radical (unpaired) electrons. The van der Waals surface area contributed by atoms with Gasteiger partial charge in [-0.3, -0.25) is 0 Å². The molecule has 100 valence electrons. The highest BCUT2D eigenvalue weighted by molar-refractivity contribution is 5.96. The van der Waals surface area contributed by atoms with Crippen LogP contribution in [-0.2, 0) is 0 Å². The maximum absolute atomic E-state index is 11.3. The summed E-state index contributed by atoms with van der Waals surface area (Å²) in [5.74, 6) is -0.00340. The number of nitrogens with zero attached hydrogens (tertiary/aromatic N) is 1. The number of carboxylic acid groups (broad SMARTS) is 1. The number of aryl methyl sites for hydroxylation is 3. The van der Waals surface area contributed by atoms with Crippen LogP contribution in [0.2, 0.25) is 0 Å². The first-order valence-corrected chi connectivity index (χ1v) is 5.81. The Labute approximate surface area is 110 Å². The van der Waals surface area contributed by atoms with Gasteiger partial charge in [0, 0.05) is 5.56 Å². The summed E-state index contributed by atoms with van der Waals surface area (Å²) in [6.45, 7) is 5.37. The number of ether oxygens (including phenoxy) is 1. The molecule has 0 saturated heterocycles. The molecule has 0 aliphatic carbocycles. The van der Waals surface area contributed by atoms with Crippen LogP contribution in [0.5, 0.6) is 5.75 Å². The largest absolute Gasteiger partial charge is 0.497 e. The summed E-state index contributed by atoms with van der Waals surface area (Å²) in [5, 5.41) is 13.1. The summed E-state index contributed by atoms with van der Waals surface area (Å²) in [6, 6.07) is 3.69. The molecule has 0 amide bonds. The lowest BCUT2D eigenvalue weighted by atomic mass is 9.96. The Morgan fingerprint density at radius 1 is 1.26 bits per heavy atom. The van der Waals surface area contributed by atoms with Crippen LogP contribution in [0.25, 0.3) is 11.3 Å². The lowest BCUT2D eigenvalue weighted by Crippen LogP contribution is -2.01. The molecule has 0 atom stereocenters. The van der Waals surface area contributed by atoms with Crippen LogP contribution in [0.15, 0.2) is 16.7 Å². The summed E-state index contributed by atoms with van der Waals surface area (Å²) in [6.07, 6.45) is 0. The molecule has 1 heterocycles. The number of methoxy groups -OCH3 is 1. The normalized spacial score (nSPS) is 10.5. The third kappa shape index (κ3) is 2.19. The summed E-state index contributed by atoms with van der Waals surface area (Å²) in [7, 11) is 1.59. The van der Waals surface area contributed by atoms with Gasteiger partial charge >= 0.3 is 5.97 Å². The number of benzene rings is 1. The van der Waals surface area contributed by atoms with Crippen LogP contribution in [-0.4, -0.2) is 23.3 Å². The predicted molar refractivity (Wildman–Crippen MR) is 69.7 cm³/mol. The molecule has 5 heteroatoms. The molecule has 1 aromatic carbocycles. The van der Waals surface area contributed by atoms with E-state index in [1.54, 1.807) is 14.0 Å². The topological polar surface area (TPSA) is 72.6 Å². The van der Waals surface area contributed by atoms with E-state index < -0.39 is 5.97 Å². The highest BCUT2D eigenvalue weighted by Gasteiger charge is 2.23. The SMILES string of the molecule is COc1cc(C)c(-c2noc(C)c2C(=O)O)c(C)c1. The molecule has 2 rings (SSSR count). The maximum Gasteiger partial charge on any atom is 0.341 e. The Bertz CT molecular complexity index is 620. The molecule has 1 aromatic heterocycles. The smallest absolute Gasteiger partial charge is 0.341 e. The van der Waals surface area contributed by atoms with Gasteiger partial charge in [0.2, 0.25) is 0 Å². The van der Waals surface area contributed by atoms with Crippen LogP contribution < -0.4 is 4.74 Å². The first kappa shape index (κ1) is 13.1. The lowest BCUT2D eigenvalue weighted by Gasteiger charge is -2.10. The molecule has 5 nitrogen and oxygen atoms in total. The summed E-state index contributed by atoms with van der Waals surface area (Å²) in [5.41, 5.74) is 3.04. The van der Waals surface area contributed by atoms with Gasteiger partial charge in [0.1, 0.15) is 22.8 Å². The van der Waals surface area contributed by atoms with Crippen LogP contribution >= 0.6 is 0 Å². The van der Waals surface area contributed by atoms with Crippen molar-refractivity contribution in [3.05, 3.63) is 34.6 Å². The average Bonchev–Trinajstić information content (AvgIpc) is 2.70. The Balaban J connectivity index is 2.69. The van der Waals surface area contributed by atoms with Gasteiger partial charge < -0.3 is 14.4 Å². The van der Waals surface area contributed by atoms with Gasteiger partial charge in [-0.2, -0.15) is 0 Å². The van der Waals surface area contributed by atoms with E-state index in [1.807, 2.05) is 26.0 Å². The number of carboxylic acids is 1. The van der Waals surface area contributed by atoms with Crippen molar-refractivity contribution >= 4 is 5.97 Å². The first-order chi connectivity index (χ1) is 8.95. The van der Waals surface area contributed by atoms with E-state index in [2.05, 4.69) is 5.16 Å². The molecule has 0 bridgehead atoms. The van der Waals surface area contributed by atoms with Crippen LogP contribution in [0.3, 0.4) is 0 Å². The summed E-state index contributed by atoms with van der Waals surface area (Å²) < 4.78 is 10.2. The standard InChI is InChI=1S/C14H15NO4/c1-7-5-10(18-4)6-8(2)11(7)13-12(14(16)17)9(3)19-15-13/h5-6H,1-4H3,(H,16,17). The van der Waals surface area contributed by atoms with Crippen LogP contribution in [0.1, 0.15) is 27.2 Å². The number of rotatable bonds is 3. The molecule has 0 unspecified atom stereocenters. The van der Waals surface area contributed by atoms with Crippen molar-refractivity contribution in [1.82, 2.24) is 5.16 Å². The highest BCUT2D eigenvalue weighted by Crippen LogP contribution is 2.33. The minimum Gasteiger partial charge on any atom is -0.497 e. The monoisotopic (exact) mass is 261 g/mol. The maximum atomic E-state index is 11.3. The zero-order valence-corrected chi connectivity index (χ0v) is 11.3. The third-order valence-electron chi connectivity index (χ3n) is 3.06. The number of hydrogen-bond donors (Lipinski definition) is 1. The van der Waals surface area contributed by atoms with Crippen LogP contribution in [0.4, 0.5) is 0 Å². The van der Waals surface area contributed by atoms with Crippen molar-refractivity contribution < 1.29 is 19.2 Å². The van der Waals surface area contributed by atoms with Crippen molar-refractivity contribution in [2.75, 3.05) is 7.11 Å². The fourth-order valence-electron chi connectivity index (χ4n) is 2.21. The van der Waals surface area contributed by atoms with Crippen molar-refractivity contribution in [1.29, 1.82) is 0 Å². The number of aromatic carboxylic acids is 1. The molecule has 0 fully saturated rings. The first-order valence-electron chi connectivity index (χ1n) is 5.81. The Morgan fingerprint density at radius 2 is 1.84 bits per heavy atom. The number of carbonyl (C=O) groups is 1. The van der Waals surface area contributed by atoms with Gasteiger partial charge in [-0.15, -0.1) is 0 Å². The van der Waals surface area contributed by atoms with E-state index in [0.29, 0.717) is 11.5 Å². The van der Waals surface area contributed by atoms with Crippen molar-refractivity contribution in [3.8, 4) is 17.0 Å². The van der Waals surface area contributed by atoms with Gasteiger partial charge in [0.15, 0.2) is 0 Å². The third-order valence-corrected chi connectivity index (χ3v) is 3.06. The zero-order valence-electron chi connectivity index (χ0n) is 11.3. The predicted octanol–water partition coefficient (Wildman–Crippen LogP) is 2.97. The van der Waals surface area contributed by atoms with Gasteiger partial charge in [-0.05, 0) is 44.0 Å². The van der Waals surface area contributed by atoms with Gasteiger partial charge in [0.05, 0.1) is 7.11 Å². The zero-order chi connectivity index (χ0) is 14.2. The van der Waals surface area contributed by atoms with E-state index in [1.165, 1.54) is 0 Å². The molecular weight excluding hydrogens is 246 g/mol. The number of hydrogen-bond acceptors (Lipinski definition) is 4. The Kier molecular flexibility index (Phi) is 3.29. The van der Waals surface area contributed by atoms with Gasteiger partial charge in [-0.25, -0.2) is 4.79 Å². The summed E-state index contributed by atoms with van der Waals surface area (Å²) in [4.78, 5) is 11.3. The Morgan fingerprint density at radius 3 is 2.32 bits per heavy atom. The molecule has 0 saturated carbocycles. The highest BCUT2D eigenvalue weighted by atomic mass is 16.5. The average molecular weight is 261 g/mol. The van der Waals surface area contributed by atoms with E-state index in [-0.39, 0.29) is 5.56 Å². The molecule has 0 spiro atoms. The van der Waals surface area contributed by atoms with E-state index >= 15 is 0 Å². The second-order valence-corrected chi connectivity index (χ2v) is 4.40. The lowest BCUT2D eigenvalue weighted by molar-refractivity contribution is 0.0696. The van der Waals surface area contributed by atoms with Crippen molar-refractivity contribution in [3.63, 3.8) is 0 Å². The number of aromatic nitrogens is 1. The molecule has 1 N–H and O–H groups in total. The molecule has 2 aromatic rings. The minimum absolute atomic E-state index is 0.108. The summed E-state index contributed by atoms with van der Waals surface area (Å²) >= 11 is 0. The van der Waals surface area contributed by atoms with E-state index in [0.717, 1.165) is 22.4 Å². The van der Waals surface area contributed by atoms with Gasteiger partial charge in [-0.1, -0.05) is 5.16 Å². The fraction of sp³-hybridized carbons (Fsp3) is 0.286. The fourth-order valence-corrected chi connectivity index (χ4v) is 2.21. The molecular formula is C14H15NO4. The molecule has 19 heavy (non-hydrogen) atoms. The molecule has 0 aliphatic rings. The second kappa shape index (κ2) is 4.76.